The second-order valence-corrected chi connectivity index (χ2v) is 5.64. The molecular formula is C19H19NO4. The predicted octanol–water partition coefficient (Wildman–Crippen LogP) is 2.85. The van der Waals surface area contributed by atoms with Crippen LogP contribution in [0.15, 0.2) is 48.5 Å². The maximum atomic E-state index is 12.0. The average molecular weight is 325 g/mol. The first-order valence-electron chi connectivity index (χ1n) is 7.87. The largest absolute Gasteiger partial charge is 0.482 e. The van der Waals surface area contributed by atoms with Gasteiger partial charge in [-0.3, -0.25) is 9.59 Å². The van der Waals surface area contributed by atoms with Crippen LogP contribution in [-0.4, -0.2) is 25.0 Å². The van der Waals surface area contributed by atoms with Crippen molar-refractivity contribution in [2.75, 3.05) is 18.1 Å². The Kier molecular flexibility index (Phi) is 4.79. The van der Waals surface area contributed by atoms with Crippen LogP contribution in [0.3, 0.4) is 0 Å². The van der Waals surface area contributed by atoms with Crippen LogP contribution in [0.4, 0.5) is 5.69 Å². The molecule has 1 aliphatic heterocycles. The quantitative estimate of drug-likeness (QED) is 0.793. The summed E-state index contributed by atoms with van der Waals surface area (Å²) in [6, 6.07) is 15.1. The number of para-hydroxylation sites is 2. The Hall–Kier alpha value is -2.82. The van der Waals surface area contributed by atoms with Gasteiger partial charge >= 0.3 is 5.97 Å². The number of nitrogens with zero attached hydrogens (tertiary/aromatic N) is 1. The Bertz CT molecular complexity index is 757. The van der Waals surface area contributed by atoms with Crippen LogP contribution < -0.4 is 9.64 Å². The first-order valence-corrected chi connectivity index (χ1v) is 7.87. The fourth-order valence-corrected chi connectivity index (χ4v) is 2.60. The zero-order valence-electron chi connectivity index (χ0n) is 13.5. The van der Waals surface area contributed by atoms with Crippen LogP contribution in [0.1, 0.15) is 17.5 Å². The lowest BCUT2D eigenvalue weighted by Crippen LogP contribution is -2.40. The van der Waals surface area contributed by atoms with Crippen molar-refractivity contribution in [2.45, 2.75) is 20.0 Å². The molecular weight excluding hydrogens is 306 g/mol. The molecule has 1 heterocycles. The summed E-state index contributed by atoms with van der Waals surface area (Å²) >= 11 is 0. The molecule has 0 unspecified atom stereocenters. The number of hydrogen-bond donors (Lipinski definition) is 0. The van der Waals surface area contributed by atoms with Crippen LogP contribution in [0.5, 0.6) is 5.75 Å². The highest BCUT2D eigenvalue weighted by Gasteiger charge is 2.25. The molecule has 0 saturated carbocycles. The van der Waals surface area contributed by atoms with Crippen LogP contribution in [-0.2, 0) is 20.9 Å². The molecule has 0 bridgehead atoms. The molecule has 2 aromatic rings. The number of aryl methyl sites for hydroxylation is 1. The lowest BCUT2D eigenvalue weighted by molar-refractivity contribution is -0.144. The summed E-state index contributed by atoms with van der Waals surface area (Å²) in [5, 5.41) is 0. The van der Waals surface area contributed by atoms with Gasteiger partial charge in [0.2, 0.25) is 0 Å². The SMILES string of the molecule is Cc1ccccc1COC(=O)CCN1C(=O)COc2ccccc21. The lowest BCUT2D eigenvalue weighted by Gasteiger charge is -2.28. The molecule has 5 heteroatoms. The van der Waals surface area contributed by atoms with Gasteiger partial charge in [0, 0.05) is 6.54 Å². The third-order valence-electron chi connectivity index (χ3n) is 4.00. The minimum absolute atomic E-state index is 0.00469. The van der Waals surface area contributed by atoms with Crippen molar-refractivity contribution in [3.63, 3.8) is 0 Å². The van der Waals surface area contributed by atoms with Gasteiger partial charge in [-0.15, -0.1) is 0 Å². The van der Waals surface area contributed by atoms with Gasteiger partial charge in [-0.1, -0.05) is 36.4 Å². The van der Waals surface area contributed by atoms with Crippen molar-refractivity contribution in [3.05, 3.63) is 59.7 Å². The lowest BCUT2D eigenvalue weighted by atomic mass is 10.1. The number of rotatable bonds is 5. The molecule has 24 heavy (non-hydrogen) atoms. The monoisotopic (exact) mass is 325 g/mol. The van der Waals surface area contributed by atoms with Gasteiger partial charge in [0.1, 0.15) is 12.4 Å². The molecule has 0 N–H and O–H groups in total. The molecule has 0 atom stereocenters. The number of benzene rings is 2. The highest BCUT2D eigenvalue weighted by Crippen LogP contribution is 2.31. The van der Waals surface area contributed by atoms with Gasteiger partial charge in [0.15, 0.2) is 6.61 Å². The summed E-state index contributed by atoms with van der Waals surface area (Å²) in [5.41, 5.74) is 2.77. The Morgan fingerprint density at radius 1 is 1.17 bits per heavy atom. The summed E-state index contributed by atoms with van der Waals surface area (Å²) in [7, 11) is 0. The number of carbonyl (C=O) groups excluding carboxylic acids is 2. The van der Waals surface area contributed by atoms with E-state index >= 15 is 0 Å². The molecule has 124 valence electrons. The third kappa shape index (κ3) is 3.56. The summed E-state index contributed by atoms with van der Waals surface area (Å²) in [4.78, 5) is 25.6. The van der Waals surface area contributed by atoms with E-state index in [2.05, 4.69) is 0 Å². The molecule has 1 amide bonds. The predicted molar refractivity (Wildman–Crippen MR) is 89.9 cm³/mol. The van der Waals surface area contributed by atoms with Crippen molar-refractivity contribution in [1.29, 1.82) is 0 Å². The second kappa shape index (κ2) is 7.17. The standard InChI is InChI=1S/C19H19NO4/c1-14-6-2-3-7-15(14)12-24-19(22)10-11-20-16-8-4-5-9-17(16)23-13-18(20)21/h2-9H,10-13H2,1H3. The highest BCUT2D eigenvalue weighted by molar-refractivity contribution is 5.98. The van der Waals surface area contributed by atoms with E-state index in [9.17, 15) is 9.59 Å². The third-order valence-corrected chi connectivity index (χ3v) is 4.00. The van der Waals surface area contributed by atoms with Gasteiger partial charge in [-0.25, -0.2) is 0 Å². The molecule has 0 aliphatic carbocycles. The van der Waals surface area contributed by atoms with Crippen molar-refractivity contribution >= 4 is 17.6 Å². The number of amides is 1. The minimum atomic E-state index is -0.324. The van der Waals surface area contributed by atoms with E-state index in [1.807, 2.05) is 55.5 Å². The summed E-state index contributed by atoms with van der Waals surface area (Å²) in [6.07, 6.45) is 0.145. The number of hydrogen-bond acceptors (Lipinski definition) is 4. The fraction of sp³-hybridized carbons (Fsp3) is 0.263. The van der Waals surface area contributed by atoms with Crippen molar-refractivity contribution in [2.24, 2.45) is 0 Å². The van der Waals surface area contributed by atoms with E-state index in [1.165, 1.54) is 0 Å². The zero-order chi connectivity index (χ0) is 16.9. The van der Waals surface area contributed by atoms with Gasteiger partial charge in [-0.2, -0.15) is 0 Å². The molecule has 0 aromatic heterocycles. The zero-order valence-corrected chi connectivity index (χ0v) is 13.5. The number of esters is 1. The normalized spacial score (nSPS) is 13.2. The number of anilines is 1. The van der Waals surface area contributed by atoms with Gasteiger partial charge in [-0.05, 0) is 30.2 Å². The Morgan fingerprint density at radius 2 is 1.92 bits per heavy atom. The first-order chi connectivity index (χ1) is 11.6. The molecule has 0 saturated heterocycles. The number of ether oxygens (including phenoxy) is 2. The van der Waals surface area contributed by atoms with Crippen LogP contribution in [0, 0.1) is 6.92 Å². The second-order valence-electron chi connectivity index (χ2n) is 5.64. The van der Waals surface area contributed by atoms with Crippen LogP contribution in [0.2, 0.25) is 0 Å². The van der Waals surface area contributed by atoms with E-state index in [0.29, 0.717) is 11.4 Å². The molecule has 0 radical (unpaired) electrons. The van der Waals surface area contributed by atoms with Crippen molar-refractivity contribution in [3.8, 4) is 5.75 Å². The Morgan fingerprint density at radius 3 is 2.75 bits per heavy atom. The van der Waals surface area contributed by atoms with E-state index in [4.69, 9.17) is 9.47 Å². The number of fused-ring (bicyclic) bond motifs is 1. The first kappa shape index (κ1) is 16.1. The molecule has 2 aromatic carbocycles. The maximum Gasteiger partial charge on any atom is 0.307 e. The molecule has 0 spiro atoms. The summed E-state index contributed by atoms with van der Waals surface area (Å²) in [5.74, 6) is 0.181. The van der Waals surface area contributed by atoms with E-state index in [-0.39, 0.29) is 38.1 Å². The molecule has 3 rings (SSSR count). The average Bonchev–Trinajstić information content (AvgIpc) is 2.60. The van der Waals surface area contributed by atoms with Crippen LogP contribution in [0.25, 0.3) is 0 Å². The van der Waals surface area contributed by atoms with Crippen molar-refractivity contribution < 1.29 is 19.1 Å². The number of carbonyl (C=O) groups is 2. The molecule has 1 aliphatic rings. The van der Waals surface area contributed by atoms with Crippen LogP contribution >= 0.6 is 0 Å². The van der Waals surface area contributed by atoms with E-state index in [0.717, 1.165) is 11.1 Å². The van der Waals surface area contributed by atoms with Gasteiger partial charge in [0.05, 0.1) is 12.1 Å². The topological polar surface area (TPSA) is 55.8 Å². The van der Waals surface area contributed by atoms with E-state index in [1.54, 1.807) is 4.90 Å². The van der Waals surface area contributed by atoms with E-state index < -0.39 is 0 Å². The highest BCUT2D eigenvalue weighted by atomic mass is 16.5. The van der Waals surface area contributed by atoms with Crippen molar-refractivity contribution in [1.82, 2.24) is 0 Å². The van der Waals surface area contributed by atoms with Gasteiger partial charge in [0.25, 0.3) is 5.91 Å². The summed E-state index contributed by atoms with van der Waals surface area (Å²) in [6.45, 7) is 2.51. The molecule has 5 nitrogen and oxygen atoms in total. The molecule has 0 fully saturated rings. The smallest absolute Gasteiger partial charge is 0.307 e. The Labute approximate surface area is 140 Å². The maximum absolute atomic E-state index is 12.0. The summed E-state index contributed by atoms with van der Waals surface area (Å²) < 4.78 is 10.7. The minimum Gasteiger partial charge on any atom is -0.482 e. The van der Waals surface area contributed by atoms with Gasteiger partial charge < -0.3 is 14.4 Å². The Balaban J connectivity index is 1.57. The fourth-order valence-electron chi connectivity index (χ4n) is 2.60.